The number of hydrogen-bond donors (Lipinski definition) is 1. The van der Waals surface area contributed by atoms with Gasteiger partial charge in [0, 0.05) is 15.5 Å². The highest BCUT2D eigenvalue weighted by atomic mass is 35.5. The minimum atomic E-state index is 0.150. The van der Waals surface area contributed by atoms with Gasteiger partial charge in [0.2, 0.25) is 0 Å². The third-order valence-electron chi connectivity index (χ3n) is 3.98. The predicted molar refractivity (Wildman–Crippen MR) is 114 cm³/mol. The lowest BCUT2D eigenvalue weighted by molar-refractivity contribution is 0.477. The Hall–Kier alpha value is -2.53. The Morgan fingerprint density at radius 1 is 0.926 bits per heavy atom. The molecule has 1 N–H and O–H groups in total. The van der Waals surface area contributed by atoms with Gasteiger partial charge in [0.1, 0.15) is 5.75 Å². The van der Waals surface area contributed by atoms with E-state index in [9.17, 15) is 5.11 Å². The first-order chi connectivity index (χ1) is 13.1. The molecule has 0 saturated carbocycles. The summed E-state index contributed by atoms with van der Waals surface area (Å²) in [6.45, 7) is 0. The van der Waals surface area contributed by atoms with E-state index >= 15 is 0 Å². The zero-order chi connectivity index (χ0) is 18.8. The fourth-order valence-corrected chi connectivity index (χ4v) is 3.87. The number of phenols is 1. The molecule has 0 radical (unpaired) electrons. The number of hydrogen-bond acceptors (Lipinski definition) is 3. The molecule has 6 heteroatoms. The lowest BCUT2D eigenvalue weighted by Crippen LogP contribution is -1.99. The summed E-state index contributed by atoms with van der Waals surface area (Å²) >= 11 is 13.6. The molecular weight excluding hydrogens is 399 g/mol. The number of aromatic hydroxyl groups is 1. The molecule has 0 aliphatic rings. The lowest BCUT2D eigenvalue weighted by atomic mass is 10.1. The van der Waals surface area contributed by atoms with Crippen LogP contribution in [0.3, 0.4) is 0 Å². The molecule has 0 aliphatic carbocycles. The minimum Gasteiger partial charge on any atom is -0.507 e. The molecule has 0 fully saturated rings. The average Bonchev–Trinajstić information content (AvgIpc) is 3.29. The zero-order valence-electron chi connectivity index (χ0n) is 14.0. The molecule has 4 aromatic rings. The average molecular weight is 413 g/mol. The standard InChI is InChI=1S/C21H14Cl2N2OS/c22-14-6-10-20(26)18(12-14)19-13-15(7-8-17-9-11-21(23)27-17)24-25(19)16-4-2-1-3-5-16/h1-13,26H/b8-7+. The Balaban J connectivity index is 1.82. The first-order valence-electron chi connectivity index (χ1n) is 8.18. The van der Waals surface area contributed by atoms with Crippen LogP contribution in [-0.4, -0.2) is 14.9 Å². The molecule has 0 spiro atoms. The van der Waals surface area contributed by atoms with Gasteiger partial charge in [-0.2, -0.15) is 5.10 Å². The molecule has 134 valence electrons. The maximum Gasteiger partial charge on any atom is 0.125 e. The second-order valence-electron chi connectivity index (χ2n) is 5.84. The molecule has 0 amide bonds. The van der Waals surface area contributed by atoms with Crippen LogP contribution in [0.5, 0.6) is 5.75 Å². The van der Waals surface area contributed by atoms with Gasteiger partial charge in [-0.25, -0.2) is 4.68 Å². The lowest BCUT2D eigenvalue weighted by Gasteiger charge is -2.09. The summed E-state index contributed by atoms with van der Waals surface area (Å²) in [5, 5.41) is 15.6. The largest absolute Gasteiger partial charge is 0.507 e. The number of phenolic OH excluding ortho intramolecular Hbond substituents is 1. The third-order valence-corrected chi connectivity index (χ3v) is 5.41. The van der Waals surface area contributed by atoms with Crippen LogP contribution in [0.15, 0.2) is 66.7 Å². The second kappa shape index (κ2) is 7.61. The van der Waals surface area contributed by atoms with Crippen molar-refractivity contribution in [3.8, 4) is 22.7 Å². The van der Waals surface area contributed by atoms with Crippen molar-refractivity contribution >= 4 is 46.7 Å². The molecule has 0 aliphatic heterocycles. The second-order valence-corrected chi connectivity index (χ2v) is 8.02. The summed E-state index contributed by atoms with van der Waals surface area (Å²) in [4.78, 5) is 1.04. The summed E-state index contributed by atoms with van der Waals surface area (Å²) in [5.41, 5.74) is 3.03. The van der Waals surface area contributed by atoms with Crippen molar-refractivity contribution in [3.05, 3.63) is 86.7 Å². The molecule has 0 atom stereocenters. The van der Waals surface area contributed by atoms with E-state index in [1.807, 2.05) is 60.7 Å². The van der Waals surface area contributed by atoms with Crippen molar-refractivity contribution in [2.75, 3.05) is 0 Å². The van der Waals surface area contributed by atoms with Crippen molar-refractivity contribution in [1.82, 2.24) is 9.78 Å². The Morgan fingerprint density at radius 3 is 2.48 bits per heavy atom. The topological polar surface area (TPSA) is 38.1 Å². The van der Waals surface area contributed by atoms with Gasteiger partial charge >= 0.3 is 0 Å². The maximum absolute atomic E-state index is 10.3. The molecule has 2 heterocycles. The number of thiophene rings is 1. The normalized spacial score (nSPS) is 11.3. The van der Waals surface area contributed by atoms with Gasteiger partial charge < -0.3 is 5.11 Å². The molecule has 3 nitrogen and oxygen atoms in total. The van der Waals surface area contributed by atoms with Crippen molar-refractivity contribution in [2.45, 2.75) is 0 Å². The van der Waals surface area contributed by atoms with Gasteiger partial charge in [0.05, 0.1) is 21.4 Å². The van der Waals surface area contributed by atoms with Crippen LogP contribution >= 0.6 is 34.5 Å². The minimum absolute atomic E-state index is 0.150. The Morgan fingerprint density at radius 2 is 1.74 bits per heavy atom. The van der Waals surface area contributed by atoms with E-state index in [-0.39, 0.29) is 5.75 Å². The molecule has 4 rings (SSSR count). The molecule has 2 aromatic heterocycles. The van der Waals surface area contributed by atoms with Crippen LogP contribution in [0.25, 0.3) is 29.1 Å². The molecular formula is C21H14Cl2N2OS. The Kier molecular flexibility index (Phi) is 5.03. The third kappa shape index (κ3) is 3.93. The van der Waals surface area contributed by atoms with E-state index in [0.29, 0.717) is 10.6 Å². The van der Waals surface area contributed by atoms with Crippen molar-refractivity contribution in [2.24, 2.45) is 0 Å². The zero-order valence-corrected chi connectivity index (χ0v) is 16.3. The molecule has 0 saturated heterocycles. The SMILES string of the molecule is Oc1ccc(Cl)cc1-c1cc(/C=C/c2ccc(Cl)s2)nn1-c1ccccc1. The fourth-order valence-electron chi connectivity index (χ4n) is 2.74. The summed E-state index contributed by atoms with van der Waals surface area (Å²) in [5.74, 6) is 0.150. The van der Waals surface area contributed by atoms with Gasteiger partial charge in [-0.1, -0.05) is 41.4 Å². The van der Waals surface area contributed by atoms with Crippen LogP contribution < -0.4 is 0 Å². The first-order valence-corrected chi connectivity index (χ1v) is 9.75. The number of halogens is 2. The fraction of sp³-hybridized carbons (Fsp3) is 0. The summed E-state index contributed by atoms with van der Waals surface area (Å²) in [6.07, 6.45) is 3.89. The van der Waals surface area contributed by atoms with Gasteiger partial charge in [0.25, 0.3) is 0 Å². The Bertz CT molecular complexity index is 1120. The van der Waals surface area contributed by atoms with Crippen LogP contribution in [-0.2, 0) is 0 Å². The smallest absolute Gasteiger partial charge is 0.125 e. The van der Waals surface area contributed by atoms with Gasteiger partial charge in [-0.15, -0.1) is 11.3 Å². The number of nitrogens with zero attached hydrogens (tertiary/aromatic N) is 2. The summed E-state index contributed by atoms with van der Waals surface area (Å²) < 4.78 is 2.54. The number of aromatic nitrogens is 2. The van der Waals surface area contributed by atoms with Crippen LogP contribution in [0.1, 0.15) is 10.6 Å². The van der Waals surface area contributed by atoms with Crippen molar-refractivity contribution < 1.29 is 5.11 Å². The summed E-state index contributed by atoms with van der Waals surface area (Å²) in [7, 11) is 0. The Labute approximate surface area is 170 Å². The van der Waals surface area contributed by atoms with Gasteiger partial charge in [-0.05, 0) is 60.7 Å². The maximum atomic E-state index is 10.3. The van der Waals surface area contributed by atoms with Crippen molar-refractivity contribution in [1.29, 1.82) is 0 Å². The van der Waals surface area contributed by atoms with E-state index in [2.05, 4.69) is 0 Å². The highest BCUT2D eigenvalue weighted by molar-refractivity contribution is 7.17. The predicted octanol–water partition coefficient (Wildman–Crippen LogP) is 6.78. The van der Waals surface area contributed by atoms with Crippen molar-refractivity contribution in [3.63, 3.8) is 0 Å². The van der Waals surface area contributed by atoms with Gasteiger partial charge in [-0.3, -0.25) is 0 Å². The quantitative estimate of drug-likeness (QED) is 0.400. The highest BCUT2D eigenvalue weighted by Gasteiger charge is 2.14. The van der Waals surface area contributed by atoms with E-state index in [1.165, 1.54) is 11.3 Å². The monoisotopic (exact) mass is 412 g/mol. The van der Waals surface area contributed by atoms with E-state index in [4.69, 9.17) is 28.3 Å². The van der Waals surface area contributed by atoms with Crippen LogP contribution in [0, 0.1) is 0 Å². The molecule has 0 unspecified atom stereocenters. The van der Waals surface area contributed by atoms with Gasteiger partial charge in [0.15, 0.2) is 0 Å². The number of rotatable bonds is 4. The molecule has 27 heavy (non-hydrogen) atoms. The molecule has 0 bridgehead atoms. The van der Waals surface area contributed by atoms with Crippen LogP contribution in [0.2, 0.25) is 9.36 Å². The van der Waals surface area contributed by atoms with E-state index in [1.54, 1.807) is 22.9 Å². The molecule has 2 aromatic carbocycles. The first kappa shape index (κ1) is 17.9. The van der Waals surface area contributed by atoms with E-state index in [0.717, 1.165) is 26.3 Å². The van der Waals surface area contributed by atoms with Crippen LogP contribution in [0.4, 0.5) is 0 Å². The number of benzene rings is 2. The summed E-state index contributed by atoms with van der Waals surface area (Å²) in [6, 6.07) is 20.5. The van der Waals surface area contributed by atoms with E-state index < -0.39 is 0 Å². The highest BCUT2D eigenvalue weighted by Crippen LogP contribution is 2.34. The number of para-hydroxylation sites is 1.